The number of carbonyl (C=O) groups is 4. The minimum absolute atomic E-state index is 0. The summed E-state index contributed by atoms with van der Waals surface area (Å²) >= 11 is 8.50. The van der Waals surface area contributed by atoms with Gasteiger partial charge in [0.25, 0.3) is 6.47 Å². The predicted molar refractivity (Wildman–Crippen MR) is 324 cm³/mol. The summed E-state index contributed by atoms with van der Waals surface area (Å²) < 4.78 is 96.4. The molecule has 2 N–H and O–H groups in total. The number of hydrogen-bond donors (Lipinski definition) is 2. The van der Waals surface area contributed by atoms with Crippen molar-refractivity contribution in [2.75, 3.05) is 6.61 Å². The molecule has 1 aliphatic rings. The van der Waals surface area contributed by atoms with E-state index in [1.54, 1.807) is 60.7 Å². The molecule has 478 valence electrons. The van der Waals surface area contributed by atoms with E-state index in [2.05, 4.69) is 25.2 Å². The number of phenolic OH excluding ortho intramolecular Hbond substituents is 1. The number of aromatic hydroxyl groups is 1. The van der Waals surface area contributed by atoms with Crippen LogP contribution in [0.25, 0.3) is 21.1 Å². The average molecular weight is 1560 g/mol. The second-order valence-corrected chi connectivity index (χ2v) is 20.9. The van der Waals surface area contributed by atoms with Crippen molar-refractivity contribution in [1.29, 1.82) is 0 Å². The molecule has 0 radical (unpaired) electrons. The zero-order valence-electron chi connectivity index (χ0n) is 47.7. The van der Waals surface area contributed by atoms with Crippen molar-refractivity contribution >= 4 is 58.7 Å². The molecule has 0 bridgehead atoms. The molecule has 5 aromatic carbocycles. The minimum Gasteiger partial charge on any atom is -1.00 e. The number of halogens is 7. The first-order valence-electron chi connectivity index (χ1n) is 25.3. The van der Waals surface area contributed by atoms with Gasteiger partial charge in [0.1, 0.15) is 47.3 Å². The van der Waals surface area contributed by atoms with Crippen LogP contribution in [0.4, 0.5) is 31.1 Å². The number of nitrogens with zero attached hydrogens (tertiary/aromatic N) is 5. The number of benzene rings is 5. The minimum atomic E-state index is -4.38. The smallest absolute Gasteiger partial charge is 1.00 e. The monoisotopic (exact) mass is 1560 g/mol. The fraction of sp³-hybridized carbons (Fsp3) is 0.270. The first-order valence-corrected chi connectivity index (χ1v) is 27.4. The molecule has 4 aromatic heterocycles. The third-order valence-electron chi connectivity index (χ3n) is 12.7. The van der Waals surface area contributed by atoms with Crippen molar-refractivity contribution in [3.8, 4) is 32.6 Å². The number of rotatable bonds is 17. The Bertz CT molecular complexity index is 3600. The molecule has 0 saturated carbocycles. The molecular weight excluding hydrogens is 1500 g/mol. The van der Waals surface area contributed by atoms with Gasteiger partial charge in [-0.15, -0.1) is 34.3 Å². The summed E-state index contributed by atoms with van der Waals surface area (Å²) in [5.41, 5.74) is 5.18. The summed E-state index contributed by atoms with van der Waals surface area (Å²) in [6.45, 7) is 3.89. The molecule has 1 fully saturated rings. The van der Waals surface area contributed by atoms with Crippen LogP contribution in [0.15, 0.2) is 161 Å². The second kappa shape index (κ2) is 40.4. The fourth-order valence-corrected chi connectivity index (χ4v) is 10.7. The first kappa shape index (κ1) is 84.2. The third-order valence-corrected chi connectivity index (χ3v) is 15.6. The number of ether oxygens (including phenoxy) is 2. The van der Waals surface area contributed by atoms with Gasteiger partial charge in [0.2, 0.25) is 5.91 Å². The number of thiazole rings is 2. The maximum Gasteiger partial charge on any atom is 1.00 e. The first-order chi connectivity index (χ1) is 40.6. The molecule has 28 heteroatoms. The SMILES string of the molecule is C.C.C.C.Cc1nc(-c2ccc(C(F)(F)F)cc2)sc1CCl.Cc1nc(-c2ccc(C(F)(F)F)cc2)sc1COc1ccc([C@H](CC(=O)O)c2ccon2)cc1.O=C(C[C@@H](c1ccc(O)cc1)c1ccon1)N1C(=O)OC[C@@H]1Cc1ccccc1.O=CO[O-].[Cs+].[Cs+].[H-]. The van der Waals surface area contributed by atoms with Crippen LogP contribution in [0.1, 0.15) is 116 Å². The Balaban J connectivity index is 0.00000131. The van der Waals surface area contributed by atoms with Gasteiger partial charge in [-0.3, -0.25) is 14.4 Å². The largest absolute Gasteiger partial charge is 1.00 e. The number of carboxylic acids is 1. The number of phenols is 1. The van der Waals surface area contributed by atoms with Gasteiger partial charge in [-0.1, -0.05) is 119 Å². The standard InChI is InChI=1S/C24H19F3N2O4S.C22H20N2O5.C12H9ClF3NS.CH2O3.4CH4.2Cs.H/c1-14-21(34-23(28-14)16-2-6-17(7-3-16)24(25,26)27)13-32-18-8-4-15(5-9-18)19(12-22(30)31)20-10-11-33-29-20;25-18-8-6-16(7-9-18)19(20-10-11-29-23-20)13-21(26)24-17(14-28-22(24)27)12-15-4-2-1-3-5-15;1-7-10(6-13)18-11(17-7)8-2-4-9(5-3-8)12(14,15)16;2-1-4-3;;;;;;;/h2-11,19H,12-13H2,1H3,(H,30,31);1-11,17,19,25H,12-14H2;2-5H,6H2,1H3;1,3H;4*1H4;;;/q;;;;;;;;2*+1;-1/p-1/t19-;17-,19-;;;;;;;;;/m00........./s1. The van der Waals surface area contributed by atoms with Gasteiger partial charge in [0, 0.05) is 46.4 Å². The number of amides is 2. The average Bonchev–Trinajstić information content (AvgIpc) is 2.01. The van der Waals surface area contributed by atoms with Crippen LogP contribution in [0.5, 0.6) is 11.5 Å². The van der Waals surface area contributed by atoms with Crippen molar-refractivity contribution in [3.63, 3.8) is 0 Å². The molecule has 9 aromatic rings. The van der Waals surface area contributed by atoms with Crippen molar-refractivity contribution < 1.29 is 224 Å². The number of aryl methyl sites for hydroxylation is 2. The van der Waals surface area contributed by atoms with E-state index >= 15 is 0 Å². The van der Waals surface area contributed by atoms with Crippen LogP contribution in [0.2, 0.25) is 0 Å². The Morgan fingerprint density at radius 2 is 1.16 bits per heavy atom. The van der Waals surface area contributed by atoms with E-state index in [-0.39, 0.29) is 219 Å². The van der Waals surface area contributed by atoms with Crippen LogP contribution in [0.3, 0.4) is 0 Å². The quantitative estimate of drug-likeness (QED) is 0.0283. The van der Waals surface area contributed by atoms with Crippen molar-refractivity contribution in [3.05, 3.63) is 212 Å². The third kappa shape index (κ3) is 24.8. The Hall–Kier alpha value is -4.81. The van der Waals surface area contributed by atoms with Gasteiger partial charge in [-0.05, 0) is 85.5 Å². The van der Waals surface area contributed by atoms with Gasteiger partial charge < -0.3 is 40.3 Å². The van der Waals surface area contributed by atoms with Crippen LogP contribution in [0, 0.1) is 13.8 Å². The molecule has 5 heterocycles. The fourth-order valence-electron chi connectivity index (χ4n) is 8.46. The number of aromatic nitrogens is 4. The number of imide groups is 1. The molecule has 91 heavy (non-hydrogen) atoms. The summed E-state index contributed by atoms with van der Waals surface area (Å²) in [5, 5.41) is 36.4. The van der Waals surface area contributed by atoms with E-state index < -0.39 is 47.4 Å². The summed E-state index contributed by atoms with van der Waals surface area (Å²) in [4.78, 5) is 59.7. The maximum absolute atomic E-state index is 13.1. The van der Waals surface area contributed by atoms with Crippen LogP contribution in [-0.2, 0) is 55.3 Å². The number of cyclic esters (lactones) is 1. The molecule has 3 atom stereocenters. The molecule has 0 spiro atoms. The van der Waals surface area contributed by atoms with E-state index in [1.165, 1.54) is 64.4 Å². The van der Waals surface area contributed by atoms with Gasteiger partial charge >= 0.3 is 162 Å². The molecule has 17 nitrogen and oxygen atoms in total. The molecule has 1 aliphatic heterocycles. The summed E-state index contributed by atoms with van der Waals surface area (Å²) in [6, 6.07) is 36.2. The molecule has 1 saturated heterocycles. The predicted octanol–water partition coefficient (Wildman–Crippen LogP) is 9.78. The van der Waals surface area contributed by atoms with E-state index in [0.717, 1.165) is 62.1 Å². The normalized spacial score (nSPS) is 12.7. The van der Waals surface area contributed by atoms with Crippen molar-refractivity contribution in [1.82, 2.24) is 25.2 Å². The van der Waals surface area contributed by atoms with Gasteiger partial charge in [0.05, 0.1) is 57.1 Å². The van der Waals surface area contributed by atoms with Crippen LogP contribution >= 0.6 is 34.3 Å². The molecule has 2 amide bonds. The van der Waals surface area contributed by atoms with Gasteiger partial charge in [-0.2, -0.15) is 26.3 Å². The molecular formula is C63H66ClCs2F6N5O12S2. The van der Waals surface area contributed by atoms with Gasteiger partial charge in [-0.25, -0.2) is 19.7 Å². The topological polar surface area (TPSA) is 241 Å². The summed E-state index contributed by atoms with van der Waals surface area (Å²) in [5.74, 6) is -1.06. The van der Waals surface area contributed by atoms with E-state index in [4.69, 9.17) is 40.2 Å². The summed E-state index contributed by atoms with van der Waals surface area (Å²) in [6.07, 6.45) is -6.04. The number of carbonyl (C=O) groups excluding carboxylic acids is 3. The Labute approximate surface area is 655 Å². The van der Waals surface area contributed by atoms with Gasteiger partial charge in [0.15, 0.2) is 0 Å². The zero-order chi connectivity index (χ0) is 61.3. The number of hydrogen-bond acceptors (Lipinski definition) is 17. The zero-order valence-corrected chi connectivity index (χ0v) is 61.6. The molecule has 10 rings (SSSR count). The Morgan fingerprint density at radius 1 is 0.714 bits per heavy atom. The molecule has 0 aliphatic carbocycles. The summed E-state index contributed by atoms with van der Waals surface area (Å²) in [7, 11) is 0. The maximum atomic E-state index is 13.1. The van der Waals surface area contributed by atoms with Crippen molar-refractivity contribution in [2.45, 2.75) is 106 Å². The van der Waals surface area contributed by atoms with E-state index in [0.29, 0.717) is 50.6 Å². The number of aliphatic carboxylic acids is 1. The Morgan fingerprint density at radius 3 is 1.58 bits per heavy atom. The van der Waals surface area contributed by atoms with Crippen LogP contribution < -0.4 is 148 Å². The number of alkyl halides is 7. The molecule has 0 unspecified atom stereocenters. The second-order valence-electron chi connectivity index (χ2n) is 18.4. The van der Waals surface area contributed by atoms with Crippen molar-refractivity contribution in [2.24, 2.45) is 0 Å². The van der Waals surface area contributed by atoms with E-state index in [9.17, 15) is 50.9 Å². The number of carboxylic acid groups (broad SMARTS) is 1. The van der Waals surface area contributed by atoms with E-state index in [1.807, 2.05) is 44.2 Å². The van der Waals surface area contributed by atoms with Crippen LogP contribution in [-0.4, -0.2) is 72.5 Å². The Kier molecular flexibility index (Phi) is 37.4.